The van der Waals surface area contributed by atoms with Crippen LogP contribution in [0.15, 0.2) is 54.6 Å². The van der Waals surface area contributed by atoms with E-state index < -0.39 is 0 Å². The van der Waals surface area contributed by atoms with Crippen LogP contribution in [0.3, 0.4) is 0 Å². The summed E-state index contributed by atoms with van der Waals surface area (Å²) in [7, 11) is 0. The van der Waals surface area contributed by atoms with Crippen molar-refractivity contribution < 1.29 is 9.59 Å². The van der Waals surface area contributed by atoms with Gasteiger partial charge in [-0.25, -0.2) is 0 Å². The van der Waals surface area contributed by atoms with Crippen LogP contribution in [0.2, 0.25) is 0 Å². The summed E-state index contributed by atoms with van der Waals surface area (Å²) in [5, 5.41) is 3.03. The highest BCUT2D eigenvalue weighted by atomic mass is 16.2. The van der Waals surface area contributed by atoms with E-state index in [2.05, 4.69) is 5.32 Å². The predicted molar refractivity (Wildman–Crippen MR) is 104 cm³/mol. The van der Waals surface area contributed by atoms with Crippen molar-refractivity contribution in [3.8, 4) is 11.1 Å². The fraction of sp³-hybridized carbons (Fsp3) is 0.364. The van der Waals surface area contributed by atoms with E-state index >= 15 is 0 Å². The van der Waals surface area contributed by atoms with E-state index in [1.165, 1.54) is 0 Å². The normalized spacial score (nSPS) is 15.9. The van der Waals surface area contributed by atoms with Crippen molar-refractivity contribution >= 4 is 11.7 Å². The molecule has 0 spiro atoms. The first-order valence-corrected chi connectivity index (χ1v) is 9.21. The minimum absolute atomic E-state index is 0.0133. The molecule has 2 aromatic rings. The van der Waals surface area contributed by atoms with E-state index in [9.17, 15) is 9.59 Å². The number of carbonyl (C=O) groups excluding carboxylic acids is 2. The number of ketones is 1. The predicted octanol–water partition coefficient (Wildman–Crippen LogP) is 3.56. The monoisotopic (exact) mass is 350 g/mol. The molecule has 0 bridgehead atoms. The van der Waals surface area contributed by atoms with Crippen LogP contribution in [0.4, 0.5) is 0 Å². The van der Waals surface area contributed by atoms with Gasteiger partial charge in [0.2, 0.25) is 5.91 Å². The molecule has 1 fully saturated rings. The smallest absolute Gasteiger partial charge is 0.220 e. The van der Waals surface area contributed by atoms with Crippen LogP contribution in [-0.4, -0.2) is 23.8 Å². The average molecular weight is 350 g/mol. The van der Waals surface area contributed by atoms with Gasteiger partial charge >= 0.3 is 0 Å². The molecule has 1 amide bonds. The fourth-order valence-electron chi connectivity index (χ4n) is 3.27. The number of rotatable bonds is 8. The molecular formula is C22H26N2O2. The van der Waals surface area contributed by atoms with Gasteiger partial charge in [0, 0.05) is 24.9 Å². The number of nitrogens with two attached hydrogens (primary N) is 1. The Morgan fingerprint density at radius 3 is 2.19 bits per heavy atom. The molecule has 0 heterocycles. The van der Waals surface area contributed by atoms with Crippen LogP contribution < -0.4 is 11.1 Å². The standard InChI is InChI=1S/C22H26N2O2/c1-22(15-23,19-11-12-19)24-21(26)14-13-20(25)18-9-7-17(8-10-18)16-5-3-2-4-6-16/h2-10,19H,11-15,23H2,1H3,(H,24,26). The number of amides is 1. The third-order valence-electron chi connectivity index (χ3n) is 5.22. The van der Waals surface area contributed by atoms with Crippen molar-refractivity contribution in [2.24, 2.45) is 11.7 Å². The second kappa shape index (κ2) is 7.83. The molecular weight excluding hydrogens is 324 g/mol. The van der Waals surface area contributed by atoms with Crippen LogP contribution in [0.1, 0.15) is 43.0 Å². The number of hydrogen-bond donors (Lipinski definition) is 2. The molecule has 4 heteroatoms. The Morgan fingerprint density at radius 2 is 1.62 bits per heavy atom. The Bertz CT molecular complexity index is 766. The lowest BCUT2D eigenvalue weighted by Crippen LogP contribution is -2.53. The highest BCUT2D eigenvalue weighted by Crippen LogP contribution is 2.39. The first-order valence-electron chi connectivity index (χ1n) is 9.21. The van der Waals surface area contributed by atoms with Crippen molar-refractivity contribution in [3.63, 3.8) is 0 Å². The van der Waals surface area contributed by atoms with E-state index in [0.29, 0.717) is 18.0 Å². The summed E-state index contributed by atoms with van der Waals surface area (Å²) in [6.07, 6.45) is 2.63. The number of nitrogens with one attached hydrogen (secondary N) is 1. The largest absolute Gasteiger partial charge is 0.349 e. The quantitative estimate of drug-likeness (QED) is 0.715. The molecule has 26 heavy (non-hydrogen) atoms. The van der Waals surface area contributed by atoms with Crippen LogP contribution >= 0.6 is 0 Å². The summed E-state index contributed by atoms with van der Waals surface area (Å²) in [6.45, 7) is 2.42. The molecule has 0 radical (unpaired) electrons. The van der Waals surface area contributed by atoms with Gasteiger partial charge in [-0.05, 0) is 36.8 Å². The first-order chi connectivity index (χ1) is 12.5. The summed E-state index contributed by atoms with van der Waals surface area (Å²) in [5.74, 6) is 0.359. The zero-order valence-corrected chi connectivity index (χ0v) is 15.2. The Balaban J connectivity index is 1.54. The minimum atomic E-state index is -0.336. The van der Waals surface area contributed by atoms with Gasteiger partial charge < -0.3 is 11.1 Å². The van der Waals surface area contributed by atoms with Crippen molar-refractivity contribution in [1.29, 1.82) is 0 Å². The third kappa shape index (κ3) is 4.38. The molecule has 1 aliphatic carbocycles. The van der Waals surface area contributed by atoms with Crippen molar-refractivity contribution in [1.82, 2.24) is 5.32 Å². The number of hydrogen-bond acceptors (Lipinski definition) is 3. The highest BCUT2D eigenvalue weighted by Gasteiger charge is 2.41. The Morgan fingerprint density at radius 1 is 1.00 bits per heavy atom. The van der Waals surface area contributed by atoms with Gasteiger partial charge in [-0.3, -0.25) is 9.59 Å². The number of carbonyl (C=O) groups is 2. The van der Waals surface area contributed by atoms with Gasteiger partial charge in [-0.15, -0.1) is 0 Å². The van der Waals surface area contributed by atoms with E-state index in [1.807, 2.05) is 61.5 Å². The Hall–Kier alpha value is -2.46. The molecule has 3 rings (SSSR count). The summed E-state index contributed by atoms with van der Waals surface area (Å²) in [6, 6.07) is 17.6. The van der Waals surface area contributed by atoms with Crippen molar-refractivity contribution in [3.05, 3.63) is 60.2 Å². The van der Waals surface area contributed by atoms with Gasteiger partial charge in [0.15, 0.2) is 5.78 Å². The zero-order chi connectivity index (χ0) is 18.6. The lowest BCUT2D eigenvalue weighted by atomic mass is 9.95. The molecule has 4 nitrogen and oxygen atoms in total. The molecule has 0 aliphatic heterocycles. The van der Waals surface area contributed by atoms with E-state index in [0.717, 1.165) is 24.0 Å². The molecule has 1 atom stereocenters. The van der Waals surface area contributed by atoms with Crippen molar-refractivity contribution in [2.75, 3.05) is 6.54 Å². The SMILES string of the molecule is CC(CN)(NC(=O)CCC(=O)c1ccc(-c2ccccc2)cc1)C1CC1. The Labute approximate surface area is 154 Å². The average Bonchev–Trinajstić information content (AvgIpc) is 3.53. The summed E-state index contributed by atoms with van der Waals surface area (Å²) in [4.78, 5) is 24.6. The number of benzene rings is 2. The van der Waals surface area contributed by atoms with Gasteiger partial charge in [-0.2, -0.15) is 0 Å². The van der Waals surface area contributed by atoms with Gasteiger partial charge in [0.05, 0.1) is 5.54 Å². The van der Waals surface area contributed by atoms with Gasteiger partial charge in [0.25, 0.3) is 0 Å². The Kier molecular flexibility index (Phi) is 5.52. The maximum atomic E-state index is 12.4. The van der Waals surface area contributed by atoms with E-state index in [-0.39, 0.29) is 30.1 Å². The van der Waals surface area contributed by atoms with Crippen LogP contribution in [0, 0.1) is 5.92 Å². The molecule has 1 aliphatic rings. The van der Waals surface area contributed by atoms with Gasteiger partial charge in [0.1, 0.15) is 0 Å². The highest BCUT2D eigenvalue weighted by molar-refractivity contribution is 5.98. The molecule has 3 N–H and O–H groups in total. The molecule has 0 aromatic heterocycles. The molecule has 136 valence electrons. The lowest BCUT2D eigenvalue weighted by Gasteiger charge is -2.29. The third-order valence-corrected chi connectivity index (χ3v) is 5.22. The fourth-order valence-corrected chi connectivity index (χ4v) is 3.27. The maximum Gasteiger partial charge on any atom is 0.220 e. The summed E-state index contributed by atoms with van der Waals surface area (Å²) < 4.78 is 0. The van der Waals surface area contributed by atoms with E-state index in [1.54, 1.807) is 0 Å². The lowest BCUT2D eigenvalue weighted by molar-refractivity contribution is -0.123. The van der Waals surface area contributed by atoms with Crippen molar-refractivity contribution in [2.45, 2.75) is 38.1 Å². The maximum absolute atomic E-state index is 12.4. The van der Waals surface area contributed by atoms with Gasteiger partial charge in [-0.1, -0.05) is 54.6 Å². The topological polar surface area (TPSA) is 72.2 Å². The zero-order valence-electron chi connectivity index (χ0n) is 15.2. The summed E-state index contributed by atoms with van der Waals surface area (Å²) in [5.41, 5.74) is 8.32. The second-order valence-electron chi connectivity index (χ2n) is 7.31. The van der Waals surface area contributed by atoms with Crippen LogP contribution in [0.5, 0.6) is 0 Å². The van der Waals surface area contributed by atoms with E-state index in [4.69, 9.17) is 5.73 Å². The molecule has 1 saturated carbocycles. The number of Topliss-reactive ketones (excluding diaryl/α,β-unsaturated/α-hetero) is 1. The molecule has 2 aromatic carbocycles. The first kappa shape index (κ1) is 18.3. The summed E-state index contributed by atoms with van der Waals surface area (Å²) >= 11 is 0. The molecule has 0 saturated heterocycles. The minimum Gasteiger partial charge on any atom is -0.349 e. The molecule has 1 unspecified atom stereocenters. The van der Waals surface area contributed by atoms with Crippen LogP contribution in [-0.2, 0) is 4.79 Å². The second-order valence-corrected chi connectivity index (χ2v) is 7.31. The van der Waals surface area contributed by atoms with Crippen LogP contribution in [0.25, 0.3) is 11.1 Å².